The molecule has 2 aromatic rings. The molecule has 168 valence electrons. The number of carbonyl (C=O) groups excluding carboxylic acids is 2. The Hall–Kier alpha value is -3.00. The van der Waals surface area contributed by atoms with Crippen LogP contribution in [0.2, 0.25) is 0 Å². The van der Waals surface area contributed by atoms with Crippen LogP contribution in [-0.4, -0.2) is 48.5 Å². The molecule has 13 heteroatoms. The Bertz CT molecular complexity index is 1160. The highest BCUT2D eigenvalue weighted by Crippen LogP contribution is 2.16. The first kappa shape index (κ1) is 24.3. The van der Waals surface area contributed by atoms with Gasteiger partial charge in [0.15, 0.2) is 6.61 Å². The topological polar surface area (TPSA) is 171 Å². The average molecular weight is 472 g/mol. The zero-order valence-electron chi connectivity index (χ0n) is 16.6. The Morgan fingerprint density at radius 3 is 2.26 bits per heavy atom. The molecule has 11 nitrogen and oxygen atoms in total. The number of anilines is 1. The van der Waals surface area contributed by atoms with Crippen LogP contribution in [0.15, 0.2) is 58.3 Å². The van der Waals surface area contributed by atoms with Crippen LogP contribution >= 0.6 is 0 Å². The fraction of sp³-hybridized carbons (Fsp3) is 0.222. The van der Waals surface area contributed by atoms with E-state index in [1.165, 1.54) is 56.5 Å². The zero-order chi connectivity index (χ0) is 23.2. The van der Waals surface area contributed by atoms with Crippen LogP contribution in [0.1, 0.15) is 6.92 Å². The molecule has 1 unspecified atom stereocenters. The van der Waals surface area contributed by atoms with E-state index < -0.39 is 44.6 Å². The summed E-state index contributed by atoms with van der Waals surface area (Å²) in [4.78, 5) is 23.7. The van der Waals surface area contributed by atoms with Gasteiger partial charge in [0.05, 0.1) is 16.9 Å². The fourth-order valence-corrected chi connectivity index (χ4v) is 4.06. The van der Waals surface area contributed by atoms with E-state index in [0.29, 0.717) is 5.75 Å². The number of hydrogen-bond acceptors (Lipinski definition) is 8. The minimum atomic E-state index is -4.01. The van der Waals surface area contributed by atoms with Crippen molar-refractivity contribution < 1.29 is 35.9 Å². The molecule has 31 heavy (non-hydrogen) atoms. The molecule has 0 radical (unpaired) electrons. The highest BCUT2D eigenvalue weighted by Gasteiger charge is 2.24. The average Bonchev–Trinajstić information content (AvgIpc) is 2.71. The predicted molar refractivity (Wildman–Crippen MR) is 110 cm³/mol. The van der Waals surface area contributed by atoms with E-state index in [-0.39, 0.29) is 15.5 Å². The van der Waals surface area contributed by atoms with E-state index in [4.69, 9.17) is 14.6 Å². The number of rotatable bonds is 9. The quantitative estimate of drug-likeness (QED) is 0.435. The van der Waals surface area contributed by atoms with Crippen molar-refractivity contribution in [1.82, 2.24) is 4.72 Å². The maximum absolute atomic E-state index is 12.3. The Balaban J connectivity index is 1.92. The number of benzene rings is 2. The molecule has 0 fully saturated rings. The Morgan fingerprint density at radius 2 is 1.68 bits per heavy atom. The summed E-state index contributed by atoms with van der Waals surface area (Å²) in [5, 5.41) is 7.37. The van der Waals surface area contributed by atoms with Crippen LogP contribution < -0.4 is 19.9 Å². The van der Waals surface area contributed by atoms with Crippen molar-refractivity contribution in [3.05, 3.63) is 48.5 Å². The summed E-state index contributed by atoms with van der Waals surface area (Å²) in [7, 11) is -6.52. The summed E-state index contributed by atoms with van der Waals surface area (Å²) in [6.45, 7) is 0.546. The Kier molecular flexibility index (Phi) is 7.73. The summed E-state index contributed by atoms with van der Waals surface area (Å²) in [5.41, 5.74) is 0.126. The first-order valence-corrected chi connectivity index (χ1v) is 11.7. The zero-order valence-corrected chi connectivity index (χ0v) is 18.2. The van der Waals surface area contributed by atoms with Gasteiger partial charge in [-0.15, -0.1) is 0 Å². The summed E-state index contributed by atoms with van der Waals surface area (Å²) in [6, 6.07) is 9.43. The SMILES string of the molecule is COc1ccc(S(=O)(=O)NC(C)C(=O)OCC(=O)Nc2cccc(S(N)(=O)=O)c2)cc1. The number of methoxy groups -OCH3 is 1. The van der Waals surface area contributed by atoms with Crippen LogP contribution in [0.3, 0.4) is 0 Å². The molecule has 0 aliphatic heterocycles. The lowest BCUT2D eigenvalue weighted by Gasteiger charge is -2.14. The van der Waals surface area contributed by atoms with Crippen molar-refractivity contribution in [3.8, 4) is 5.75 Å². The van der Waals surface area contributed by atoms with Gasteiger partial charge in [0.1, 0.15) is 11.8 Å². The van der Waals surface area contributed by atoms with Crippen LogP contribution in [0.25, 0.3) is 0 Å². The van der Waals surface area contributed by atoms with E-state index in [1.54, 1.807) is 0 Å². The van der Waals surface area contributed by atoms with Crippen LogP contribution in [-0.2, 0) is 34.4 Å². The molecule has 0 spiro atoms. The second-order valence-corrected chi connectivity index (χ2v) is 9.52. The van der Waals surface area contributed by atoms with E-state index in [2.05, 4.69) is 10.0 Å². The number of nitrogens with one attached hydrogen (secondary N) is 2. The first-order chi connectivity index (χ1) is 14.4. The second kappa shape index (κ2) is 9.87. The third-order valence-electron chi connectivity index (χ3n) is 3.85. The van der Waals surface area contributed by atoms with Gasteiger partial charge >= 0.3 is 5.97 Å². The Morgan fingerprint density at radius 1 is 1.03 bits per heavy atom. The number of nitrogens with two attached hydrogens (primary N) is 1. The first-order valence-electron chi connectivity index (χ1n) is 8.68. The third-order valence-corrected chi connectivity index (χ3v) is 6.31. The number of hydrogen-bond donors (Lipinski definition) is 3. The van der Waals surface area contributed by atoms with Gasteiger partial charge in [-0.3, -0.25) is 9.59 Å². The van der Waals surface area contributed by atoms with Crippen molar-refractivity contribution in [1.29, 1.82) is 0 Å². The molecule has 0 aliphatic carbocycles. The number of esters is 1. The molecule has 1 amide bonds. The summed E-state index contributed by atoms with van der Waals surface area (Å²) >= 11 is 0. The van der Waals surface area contributed by atoms with Gasteiger partial charge in [-0.25, -0.2) is 22.0 Å². The maximum atomic E-state index is 12.3. The van der Waals surface area contributed by atoms with Gasteiger partial charge in [0.25, 0.3) is 5.91 Å². The molecule has 0 bridgehead atoms. The number of carbonyl (C=O) groups is 2. The molecule has 1 atom stereocenters. The number of sulfonamides is 2. The minimum absolute atomic E-state index is 0.0829. The van der Waals surface area contributed by atoms with E-state index >= 15 is 0 Å². The largest absolute Gasteiger partial charge is 0.497 e. The molecule has 0 aromatic heterocycles. The lowest BCUT2D eigenvalue weighted by molar-refractivity contribution is -0.148. The van der Waals surface area contributed by atoms with Crippen molar-refractivity contribution in [2.75, 3.05) is 19.0 Å². The van der Waals surface area contributed by atoms with Crippen molar-refractivity contribution in [2.24, 2.45) is 5.14 Å². The van der Waals surface area contributed by atoms with Crippen molar-refractivity contribution in [3.63, 3.8) is 0 Å². The van der Waals surface area contributed by atoms with E-state index in [1.807, 2.05) is 0 Å². The highest BCUT2D eigenvalue weighted by atomic mass is 32.2. The summed E-state index contributed by atoms with van der Waals surface area (Å²) in [6.07, 6.45) is 0. The van der Waals surface area contributed by atoms with Gasteiger partial charge in [-0.1, -0.05) is 6.07 Å². The Labute approximate surface area is 179 Å². The molecule has 4 N–H and O–H groups in total. The third kappa shape index (κ3) is 7.03. The van der Waals surface area contributed by atoms with Gasteiger partial charge < -0.3 is 14.8 Å². The smallest absolute Gasteiger partial charge is 0.324 e. The maximum Gasteiger partial charge on any atom is 0.324 e. The molecule has 0 saturated carbocycles. The van der Waals surface area contributed by atoms with Gasteiger partial charge in [-0.05, 0) is 49.4 Å². The molecule has 2 rings (SSSR count). The molecule has 0 aliphatic rings. The van der Waals surface area contributed by atoms with E-state index in [0.717, 1.165) is 6.07 Å². The normalized spacial score (nSPS) is 12.6. The van der Waals surface area contributed by atoms with Crippen molar-refractivity contribution in [2.45, 2.75) is 22.8 Å². The van der Waals surface area contributed by atoms with Gasteiger partial charge in [0, 0.05) is 5.69 Å². The molecule has 0 saturated heterocycles. The van der Waals surface area contributed by atoms with Crippen LogP contribution in [0, 0.1) is 0 Å². The van der Waals surface area contributed by atoms with Crippen molar-refractivity contribution >= 4 is 37.6 Å². The van der Waals surface area contributed by atoms with Crippen LogP contribution in [0.5, 0.6) is 5.75 Å². The standard InChI is InChI=1S/C18H21N3O8S2/c1-12(21-31(26,27)15-8-6-14(28-2)7-9-15)18(23)29-11-17(22)20-13-4-3-5-16(10-13)30(19,24)25/h3-10,12,21H,11H2,1-2H3,(H,20,22)(H2,19,24,25). The van der Waals surface area contributed by atoms with E-state index in [9.17, 15) is 26.4 Å². The fourth-order valence-electron chi connectivity index (χ4n) is 2.31. The lowest BCUT2D eigenvalue weighted by atomic mass is 10.3. The van der Waals surface area contributed by atoms with Crippen LogP contribution in [0.4, 0.5) is 5.69 Å². The number of ether oxygens (including phenoxy) is 2. The molecular formula is C18H21N3O8S2. The monoisotopic (exact) mass is 471 g/mol. The minimum Gasteiger partial charge on any atom is -0.497 e. The molecule has 0 heterocycles. The number of amides is 1. The van der Waals surface area contributed by atoms with Gasteiger partial charge in [0.2, 0.25) is 20.0 Å². The summed E-state index contributed by atoms with van der Waals surface area (Å²) in [5.74, 6) is -1.28. The highest BCUT2D eigenvalue weighted by molar-refractivity contribution is 7.89. The molecule has 2 aromatic carbocycles. The lowest BCUT2D eigenvalue weighted by Crippen LogP contribution is -2.40. The predicted octanol–water partition coefficient (Wildman–Crippen LogP) is 0.191. The molecular weight excluding hydrogens is 450 g/mol. The second-order valence-electron chi connectivity index (χ2n) is 6.25. The summed E-state index contributed by atoms with van der Waals surface area (Å²) < 4.78 is 59.3. The number of primary sulfonamides is 1. The van der Waals surface area contributed by atoms with Gasteiger partial charge in [-0.2, -0.15) is 4.72 Å².